The van der Waals surface area contributed by atoms with Crippen LogP contribution in [0.1, 0.15) is 12.6 Å². The summed E-state index contributed by atoms with van der Waals surface area (Å²) in [5.74, 6) is 0.386. The smallest absolute Gasteiger partial charge is 0.433 e. The van der Waals surface area contributed by atoms with Gasteiger partial charge in [-0.25, -0.2) is 4.98 Å². The molecule has 0 bridgehead atoms. The average molecular weight is 339 g/mol. The molecule has 2 heterocycles. The number of alkyl halides is 3. The molecule has 0 radical (unpaired) electrons. The highest BCUT2D eigenvalue weighted by Gasteiger charge is 2.34. The van der Waals surface area contributed by atoms with E-state index in [2.05, 4.69) is 9.88 Å². The lowest BCUT2D eigenvalue weighted by molar-refractivity contribution is -0.140. The largest absolute Gasteiger partial charge is 0.492 e. The Hall–Kier alpha value is -2.02. The van der Waals surface area contributed by atoms with Gasteiger partial charge in [0.2, 0.25) is 0 Å². The van der Waals surface area contributed by atoms with Crippen molar-refractivity contribution < 1.29 is 17.9 Å². The fourth-order valence-electron chi connectivity index (χ4n) is 2.93. The van der Waals surface area contributed by atoms with Gasteiger partial charge < -0.3 is 14.5 Å². The molecule has 0 spiro atoms. The maximum absolute atomic E-state index is 13.3. The summed E-state index contributed by atoms with van der Waals surface area (Å²) in [4.78, 5) is 8.01. The van der Waals surface area contributed by atoms with Crippen LogP contribution in [0.2, 0.25) is 0 Å². The maximum atomic E-state index is 13.3. The second kappa shape index (κ2) is 6.47. The van der Waals surface area contributed by atoms with Crippen LogP contribution in [0, 0.1) is 0 Å². The molecular formula is C17H20F3N3O. The van der Waals surface area contributed by atoms with E-state index < -0.39 is 11.9 Å². The normalized spacial score (nSPS) is 16.6. The van der Waals surface area contributed by atoms with Gasteiger partial charge in [-0.15, -0.1) is 0 Å². The van der Waals surface area contributed by atoms with Crippen molar-refractivity contribution >= 4 is 16.6 Å². The van der Waals surface area contributed by atoms with Crippen molar-refractivity contribution in [1.82, 2.24) is 9.88 Å². The van der Waals surface area contributed by atoms with E-state index in [0.717, 1.165) is 19.2 Å². The van der Waals surface area contributed by atoms with Gasteiger partial charge in [0.1, 0.15) is 17.0 Å². The number of hydrogen-bond donors (Lipinski definition) is 0. The summed E-state index contributed by atoms with van der Waals surface area (Å²) in [7, 11) is 2.01. The minimum Gasteiger partial charge on any atom is -0.492 e. The molecule has 0 saturated carbocycles. The number of benzene rings is 1. The second-order valence-corrected chi connectivity index (χ2v) is 5.90. The van der Waals surface area contributed by atoms with Gasteiger partial charge >= 0.3 is 6.18 Å². The van der Waals surface area contributed by atoms with E-state index in [1.165, 1.54) is 0 Å². The number of anilines is 1. The number of ether oxygens (including phenoxy) is 1. The zero-order chi connectivity index (χ0) is 17.3. The molecule has 0 aliphatic carbocycles. The molecule has 0 unspecified atom stereocenters. The van der Waals surface area contributed by atoms with E-state index in [9.17, 15) is 13.2 Å². The predicted octanol–water partition coefficient (Wildman–Crippen LogP) is 3.40. The van der Waals surface area contributed by atoms with Crippen LogP contribution in [0.25, 0.3) is 10.9 Å². The summed E-state index contributed by atoms with van der Waals surface area (Å²) in [6.45, 7) is 5.18. The molecule has 0 atom stereocenters. The van der Waals surface area contributed by atoms with Crippen LogP contribution in [0.4, 0.5) is 18.9 Å². The molecule has 1 aliphatic rings. The Kier molecular flexibility index (Phi) is 4.54. The highest BCUT2D eigenvalue weighted by molar-refractivity contribution is 5.95. The number of fused-ring (bicyclic) bond motifs is 1. The fraction of sp³-hybridized carbons (Fsp3) is 0.471. The van der Waals surface area contributed by atoms with Crippen LogP contribution in [-0.2, 0) is 6.18 Å². The molecule has 1 aromatic heterocycles. The van der Waals surface area contributed by atoms with Gasteiger partial charge in [0.15, 0.2) is 0 Å². The lowest BCUT2D eigenvalue weighted by Crippen LogP contribution is -2.44. The Morgan fingerprint density at radius 3 is 2.50 bits per heavy atom. The molecule has 7 heteroatoms. The summed E-state index contributed by atoms with van der Waals surface area (Å²) >= 11 is 0. The average Bonchev–Trinajstić information content (AvgIpc) is 2.54. The molecular weight excluding hydrogens is 319 g/mol. The van der Waals surface area contributed by atoms with Gasteiger partial charge in [-0.3, -0.25) is 0 Å². The highest BCUT2D eigenvalue weighted by atomic mass is 19.4. The molecule has 1 saturated heterocycles. The van der Waals surface area contributed by atoms with E-state index in [-0.39, 0.29) is 5.52 Å². The van der Waals surface area contributed by atoms with Crippen LogP contribution in [0.5, 0.6) is 5.75 Å². The molecule has 24 heavy (non-hydrogen) atoms. The van der Waals surface area contributed by atoms with Crippen LogP contribution in [-0.4, -0.2) is 49.7 Å². The summed E-state index contributed by atoms with van der Waals surface area (Å²) in [5.41, 5.74) is -0.0406. The lowest BCUT2D eigenvalue weighted by atomic mass is 10.1. The summed E-state index contributed by atoms with van der Waals surface area (Å²) in [6.07, 6.45) is -4.49. The first-order valence-corrected chi connectivity index (χ1v) is 7.97. The fourth-order valence-corrected chi connectivity index (χ4v) is 2.93. The maximum Gasteiger partial charge on any atom is 0.433 e. The quantitative estimate of drug-likeness (QED) is 0.857. The van der Waals surface area contributed by atoms with Crippen LogP contribution >= 0.6 is 0 Å². The first-order chi connectivity index (χ1) is 11.4. The summed E-state index contributed by atoms with van der Waals surface area (Å²) < 4.78 is 45.4. The SMILES string of the molecule is CCOc1cccc2c(N3CCN(C)CC3)cc(C(F)(F)F)nc12. The number of nitrogens with zero attached hydrogens (tertiary/aromatic N) is 3. The Morgan fingerprint density at radius 1 is 1.17 bits per heavy atom. The molecule has 1 fully saturated rings. The van der Waals surface area contributed by atoms with Crippen LogP contribution < -0.4 is 9.64 Å². The van der Waals surface area contributed by atoms with E-state index in [1.807, 2.05) is 11.9 Å². The predicted molar refractivity (Wildman–Crippen MR) is 87.6 cm³/mol. The molecule has 3 rings (SSSR count). The first kappa shape index (κ1) is 16.8. The number of pyridine rings is 1. The van der Waals surface area contributed by atoms with Crippen molar-refractivity contribution in [1.29, 1.82) is 0 Å². The van der Waals surface area contributed by atoms with Gasteiger partial charge in [0.05, 0.1) is 6.61 Å². The Balaban J connectivity index is 2.17. The second-order valence-electron chi connectivity index (χ2n) is 5.90. The van der Waals surface area contributed by atoms with Crippen molar-refractivity contribution in [2.75, 3.05) is 44.7 Å². The van der Waals surface area contributed by atoms with Crippen molar-refractivity contribution in [3.63, 3.8) is 0 Å². The zero-order valence-corrected chi connectivity index (χ0v) is 13.7. The third kappa shape index (κ3) is 3.26. The number of halogens is 3. The van der Waals surface area contributed by atoms with E-state index in [1.54, 1.807) is 25.1 Å². The Labute approximate surface area is 138 Å². The van der Waals surface area contributed by atoms with E-state index in [0.29, 0.717) is 36.5 Å². The monoisotopic (exact) mass is 339 g/mol. The third-order valence-corrected chi connectivity index (χ3v) is 4.21. The van der Waals surface area contributed by atoms with Crippen molar-refractivity contribution in [2.24, 2.45) is 0 Å². The highest BCUT2D eigenvalue weighted by Crippen LogP contribution is 2.37. The molecule has 0 amide bonds. The van der Waals surface area contributed by atoms with Gasteiger partial charge in [-0.2, -0.15) is 13.2 Å². The van der Waals surface area contributed by atoms with E-state index >= 15 is 0 Å². The standard InChI is InChI=1S/C17H20F3N3O/c1-3-24-14-6-4-5-12-13(23-9-7-22(2)8-10-23)11-15(17(18,19)20)21-16(12)14/h4-6,11H,3,7-10H2,1-2H3. The van der Waals surface area contributed by atoms with Crippen molar-refractivity contribution in [2.45, 2.75) is 13.1 Å². The summed E-state index contributed by atoms with van der Waals surface area (Å²) in [5, 5.41) is 0.693. The van der Waals surface area contributed by atoms with Gasteiger partial charge in [-0.05, 0) is 26.1 Å². The van der Waals surface area contributed by atoms with Crippen molar-refractivity contribution in [3.8, 4) is 5.75 Å². The topological polar surface area (TPSA) is 28.6 Å². The molecule has 4 nitrogen and oxygen atoms in total. The van der Waals surface area contributed by atoms with Crippen LogP contribution in [0.15, 0.2) is 24.3 Å². The number of para-hydroxylation sites is 1. The molecule has 1 aliphatic heterocycles. The molecule has 0 N–H and O–H groups in total. The molecule has 2 aromatic rings. The first-order valence-electron chi connectivity index (χ1n) is 7.97. The molecule has 1 aromatic carbocycles. The number of aromatic nitrogens is 1. The number of hydrogen-bond acceptors (Lipinski definition) is 4. The summed E-state index contributed by atoms with van der Waals surface area (Å²) in [6, 6.07) is 6.41. The third-order valence-electron chi connectivity index (χ3n) is 4.21. The number of rotatable bonds is 3. The number of likely N-dealkylation sites (N-methyl/N-ethyl adjacent to an activating group) is 1. The minimum absolute atomic E-state index is 0.267. The zero-order valence-electron chi connectivity index (χ0n) is 13.7. The Morgan fingerprint density at radius 2 is 1.88 bits per heavy atom. The van der Waals surface area contributed by atoms with Gasteiger partial charge in [0.25, 0.3) is 0 Å². The Bertz CT molecular complexity index is 725. The van der Waals surface area contributed by atoms with Gasteiger partial charge in [-0.1, -0.05) is 12.1 Å². The van der Waals surface area contributed by atoms with E-state index in [4.69, 9.17) is 4.74 Å². The number of piperazine rings is 1. The van der Waals surface area contributed by atoms with Crippen LogP contribution in [0.3, 0.4) is 0 Å². The van der Waals surface area contributed by atoms with Gasteiger partial charge in [0, 0.05) is 37.3 Å². The minimum atomic E-state index is -4.49. The lowest BCUT2D eigenvalue weighted by Gasteiger charge is -2.35. The van der Waals surface area contributed by atoms with Crippen molar-refractivity contribution in [3.05, 3.63) is 30.0 Å². The molecule has 130 valence electrons.